The first-order chi connectivity index (χ1) is 10.5. The highest BCUT2D eigenvalue weighted by atomic mass is 19.3. The third kappa shape index (κ3) is 5.52. The first-order valence-corrected chi connectivity index (χ1v) is 7.25. The van der Waals surface area contributed by atoms with Crippen molar-refractivity contribution in [3.8, 4) is 0 Å². The fourth-order valence-corrected chi connectivity index (χ4v) is 1.88. The highest BCUT2D eigenvalue weighted by Gasteiger charge is 2.15. The predicted molar refractivity (Wildman–Crippen MR) is 79.1 cm³/mol. The molecule has 1 aromatic carbocycles. The van der Waals surface area contributed by atoms with Gasteiger partial charge < -0.3 is 4.74 Å². The lowest BCUT2D eigenvalue weighted by Gasteiger charge is -2.18. The monoisotopic (exact) mass is 315 g/mol. The Kier molecular flexibility index (Phi) is 7.66. The van der Waals surface area contributed by atoms with E-state index < -0.39 is 24.1 Å². The van der Waals surface area contributed by atoms with Gasteiger partial charge in [-0.2, -0.15) is 8.78 Å². The third-order valence-corrected chi connectivity index (χ3v) is 3.04. The Bertz CT molecular complexity index is 511. The summed E-state index contributed by atoms with van der Waals surface area (Å²) in [6.45, 7) is 4.60. The zero-order chi connectivity index (χ0) is 16.5. The minimum absolute atomic E-state index is 0.190. The van der Waals surface area contributed by atoms with E-state index in [1.54, 1.807) is 0 Å². The molecule has 6 heteroatoms. The second-order valence-corrected chi connectivity index (χ2v) is 4.75. The number of carbonyl (C=O) groups excluding carboxylic acids is 1. The van der Waals surface area contributed by atoms with E-state index in [1.165, 1.54) is 12.1 Å². The normalized spacial score (nSPS) is 11.9. The standard InChI is InChI=1S/C16H20F3NO2/c1-3-5-6-13(20-4-2)22-16(21)12-9-7-11(8-10-12)14(17)15(18)19/h7-10,13,20H,3-6H2,1-2H3. The zero-order valence-electron chi connectivity index (χ0n) is 12.7. The van der Waals surface area contributed by atoms with Crippen LogP contribution in [0.5, 0.6) is 0 Å². The number of esters is 1. The molecule has 0 bridgehead atoms. The van der Waals surface area contributed by atoms with Crippen LogP contribution < -0.4 is 5.32 Å². The second-order valence-electron chi connectivity index (χ2n) is 4.75. The molecule has 0 fully saturated rings. The predicted octanol–water partition coefficient (Wildman–Crippen LogP) is 4.50. The Morgan fingerprint density at radius 3 is 2.23 bits per heavy atom. The molecule has 122 valence electrons. The van der Waals surface area contributed by atoms with Crippen molar-refractivity contribution in [1.82, 2.24) is 5.32 Å². The largest absolute Gasteiger partial charge is 0.443 e. The van der Waals surface area contributed by atoms with Gasteiger partial charge in [-0.25, -0.2) is 9.18 Å². The summed E-state index contributed by atoms with van der Waals surface area (Å²) in [5, 5.41) is 3.05. The molecule has 0 heterocycles. The van der Waals surface area contributed by atoms with E-state index in [4.69, 9.17) is 4.74 Å². The maximum absolute atomic E-state index is 13.0. The lowest BCUT2D eigenvalue weighted by molar-refractivity contribution is 0.0191. The van der Waals surface area contributed by atoms with Gasteiger partial charge in [-0.1, -0.05) is 32.4 Å². The molecule has 1 unspecified atom stereocenters. The van der Waals surface area contributed by atoms with Gasteiger partial charge in [-0.3, -0.25) is 5.32 Å². The van der Waals surface area contributed by atoms with E-state index >= 15 is 0 Å². The van der Waals surface area contributed by atoms with Gasteiger partial charge in [0.05, 0.1) is 5.56 Å². The highest BCUT2D eigenvalue weighted by Crippen LogP contribution is 2.22. The van der Waals surface area contributed by atoms with E-state index in [2.05, 4.69) is 5.32 Å². The van der Waals surface area contributed by atoms with E-state index in [1.807, 2.05) is 13.8 Å². The summed E-state index contributed by atoms with van der Waals surface area (Å²) < 4.78 is 42.7. The van der Waals surface area contributed by atoms with Crippen molar-refractivity contribution in [2.75, 3.05) is 6.54 Å². The molecule has 0 amide bonds. The topological polar surface area (TPSA) is 38.3 Å². The van der Waals surface area contributed by atoms with Gasteiger partial charge in [0.1, 0.15) is 0 Å². The molecular weight excluding hydrogens is 295 g/mol. The molecule has 1 N–H and O–H groups in total. The van der Waals surface area contributed by atoms with Gasteiger partial charge in [0.25, 0.3) is 0 Å². The lowest BCUT2D eigenvalue weighted by atomic mass is 10.1. The summed E-state index contributed by atoms with van der Waals surface area (Å²) in [4.78, 5) is 12.0. The quantitative estimate of drug-likeness (QED) is 0.567. The number of nitrogens with one attached hydrogen (secondary N) is 1. The molecule has 0 aromatic heterocycles. The Morgan fingerprint density at radius 1 is 1.14 bits per heavy atom. The summed E-state index contributed by atoms with van der Waals surface area (Å²) in [5.41, 5.74) is -0.0824. The molecule has 1 atom stereocenters. The summed E-state index contributed by atoms with van der Waals surface area (Å²) in [5.74, 6) is -2.16. The van der Waals surface area contributed by atoms with E-state index in [9.17, 15) is 18.0 Å². The molecule has 0 aliphatic heterocycles. The molecule has 1 aromatic rings. The van der Waals surface area contributed by atoms with Crippen LogP contribution in [-0.2, 0) is 4.74 Å². The number of halogens is 3. The van der Waals surface area contributed by atoms with Crippen LogP contribution in [-0.4, -0.2) is 18.7 Å². The summed E-state index contributed by atoms with van der Waals surface area (Å²) in [6, 6.07) is 4.78. The second kappa shape index (κ2) is 9.25. The molecule has 1 rings (SSSR count). The van der Waals surface area contributed by atoms with Gasteiger partial charge in [-0.05, 0) is 31.5 Å². The molecule has 0 saturated heterocycles. The number of hydrogen-bond donors (Lipinski definition) is 1. The Balaban J connectivity index is 2.74. The highest BCUT2D eigenvalue weighted by molar-refractivity contribution is 5.89. The van der Waals surface area contributed by atoms with Crippen molar-refractivity contribution < 1.29 is 22.7 Å². The molecule has 3 nitrogen and oxygen atoms in total. The summed E-state index contributed by atoms with van der Waals surface area (Å²) in [6.07, 6.45) is -0.192. The number of benzene rings is 1. The molecule has 0 aliphatic carbocycles. The number of carbonyl (C=O) groups is 1. The first-order valence-electron chi connectivity index (χ1n) is 7.25. The number of unbranched alkanes of at least 4 members (excludes halogenated alkanes) is 1. The SMILES string of the molecule is CCCCC(NCC)OC(=O)c1ccc(C(F)=C(F)F)cc1. The molecule has 22 heavy (non-hydrogen) atoms. The van der Waals surface area contributed by atoms with Gasteiger partial charge in [-0.15, -0.1) is 0 Å². The Labute approximate surface area is 128 Å². The molecular formula is C16H20F3NO2. The van der Waals surface area contributed by atoms with E-state index in [-0.39, 0.29) is 11.1 Å². The van der Waals surface area contributed by atoms with E-state index in [0.29, 0.717) is 13.0 Å². The minimum Gasteiger partial charge on any atom is -0.443 e. The van der Waals surface area contributed by atoms with Crippen LogP contribution in [0.4, 0.5) is 13.2 Å². The lowest BCUT2D eigenvalue weighted by Crippen LogP contribution is -2.33. The van der Waals surface area contributed by atoms with Crippen molar-refractivity contribution in [2.24, 2.45) is 0 Å². The molecule has 0 radical (unpaired) electrons. The maximum atomic E-state index is 13.0. The van der Waals surface area contributed by atoms with Crippen LogP contribution in [0.15, 0.2) is 30.3 Å². The van der Waals surface area contributed by atoms with Crippen molar-refractivity contribution in [3.05, 3.63) is 41.5 Å². The fraction of sp³-hybridized carbons (Fsp3) is 0.438. The van der Waals surface area contributed by atoms with Gasteiger partial charge in [0.2, 0.25) is 0 Å². The minimum atomic E-state index is -2.39. The Hall–Kier alpha value is -1.82. The smallest absolute Gasteiger partial charge is 0.339 e. The Morgan fingerprint density at radius 2 is 1.73 bits per heavy atom. The van der Waals surface area contributed by atoms with Crippen LogP contribution >= 0.6 is 0 Å². The van der Waals surface area contributed by atoms with Gasteiger partial charge in [0.15, 0.2) is 12.1 Å². The van der Waals surface area contributed by atoms with Crippen molar-refractivity contribution in [1.29, 1.82) is 0 Å². The van der Waals surface area contributed by atoms with Crippen LogP contribution in [0.1, 0.15) is 49.0 Å². The van der Waals surface area contributed by atoms with Crippen LogP contribution in [0, 0.1) is 0 Å². The first kappa shape index (κ1) is 18.2. The maximum Gasteiger partial charge on any atom is 0.339 e. The summed E-state index contributed by atoms with van der Waals surface area (Å²) in [7, 11) is 0. The van der Waals surface area contributed by atoms with Gasteiger partial charge in [0, 0.05) is 5.56 Å². The van der Waals surface area contributed by atoms with Crippen molar-refractivity contribution in [3.63, 3.8) is 0 Å². The van der Waals surface area contributed by atoms with Crippen LogP contribution in [0.25, 0.3) is 5.83 Å². The van der Waals surface area contributed by atoms with Crippen LogP contribution in [0.2, 0.25) is 0 Å². The van der Waals surface area contributed by atoms with E-state index in [0.717, 1.165) is 25.0 Å². The molecule has 0 spiro atoms. The summed E-state index contributed by atoms with van der Waals surface area (Å²) >= 11 is 0. The van der Waals surface area contributed by atoms with Gasteiger partial charge >= 0.3 is 12.0 Å². The molecule has 0 saturated carbocycles. The fourth-order valence-electron chi connectivity index (χ4n) is 1.88. The third-order valence-electron chi connectivity index (χ3n) is 3.04. The number of hydrogen-bond acceptors (Lipinski definition) is 3. The van der Waals surface area contributed by atoms with Crippen molar-refractivity contribution in [2.45, 2.75) is 39.3 Å². The van der Waals surface area contributed by atoms with Crippen molar-refractivity contribution >= 4 is 11.8 Å². The van der Waals surface area contributed by atoms with Crippen LogP contribution in [0.3, 0.4) is 0 Å². The average Bonchev–Trinajstić information content (AvgIpc) is 2.52. The average molecular weight is 315 g/mol. The number of rotatable bonds is 8. The number of ether oxygens (including phenoxy) is 1. The zero-order valence-corrected chi connectivity index (χ0v) is 12.7. The molecule has 0 aliphatic rings.